The summed E-state index contributed by atoms with van der Waals surface area (Å²) < 4.78 is 10.9. The zero-order valence-corrected chi connectivity index (χ0v) is 12.3. The predicted octanol–water partition coefficient (Wildman–Crippen LogP) is 1.92. The van der Waals surface area contributed by atoms with Gasteiger partial charge in [0, 0.05) is 31.0 Å². The molecule has 0 radical (unpaired) electrons. The quantitative estimate of drug-likeness (QED) is 0.855. The maximum absolute atomic E-state index is 12.5. The number of nitrogens with two attached hydrogens (primary N) is 1. The topological polar surface area (TPSA) is 64.8 Å². The fourth-order valence-corrected chi connectivity index (χ4v) is 2.58. The van der Waals surface area contributed by atoms with Crippen molar-refractivity contribution in [3.63, 3.8) is 0 Å². The Balaban J connectivity index is 2.19. The SMILES string of the molecule is CCOc1cc(N)cc(C(=O)N(C)C2CCOC2C)c1. The number of nitrogen functional groups attached to an aromatic ring is 1. The monoisotopic (exact) mass is 278 g/mol. The predicted molar refractivity (Wildman–Crippen MR) is 77.9 cm³/mol. The van der Waals surface area contributed by atoms with Crippen molar-refractivity contribution in [2.24, 2.45) is 0 Å². The van der Waals surface area contributed by atoms with E-state index in [1.54, 1.807) is 23.1 Å². The van der Waals surface area contributed by atoms with E-state index in [-0.39, 0.29) is 18.1 Å². The number of ether oxygens (including phenoxy) is 2. The number of carbonyl (C=O) groups is 1. The molecule has 0 aromatic heterocycles. The first-order valence-electron chi connectivity index (χ1n) is 6.95. The molecule has 1 aliphatic heterocycles. The van der Waals surface area contributed by atoms with Crippen molar-refractivity contribution in [1.29, 1.82) is 0 Å². The van der Waals surface area contributed by atoms with Crippen LogP contribution in [0.1, 0.15) is 30.6 Å². The molecule has 1 aromatic rings. The van der Waals surface area contributed by atoms with Crippen molar-refractivity contribution >= 4 is 11.6 Å². The van der Waals surface area contributed by atoms with Gasteiger partial charge in [0.05, 0.1) is 18.8 Å². The number of carbonyl (C=O) groups excluding carboxylic acids is 1. The highest BCUT2D eigenvalue weighted by molar-refractivity contribution is 5.95. The second-order valence-electron chi connectivity index (χ2n) is 5.07. The van der Waals surface area contributed by atoms with Crippen molar-refractivity contribution in [3.8, 4) is 5.75 Å². The fourth-order valence-electron chi connectivity index (χ4n) is 2.58. The first kappa shape index (κ1) is 14.7. The summed E-state index contributed by atoms with van der Waals surface area (Å²) in [6.45, 7) is 5.13. The third kappa shape index (κ3) is 3.04. The van der Waals surface area contributed by atoms with E-state index in [0.717, 1.165) is 6.42 Å². The van der Waals surface area contributed by atoms with E-state index < -0.39 is 0 Å². The van der Waals surface area contributed by atoms with Crippen molar-refractivity contribution in [2.75, 3.05) is 26.0 Å². The van der Waals surface area contributed by atoms with Gasteiger partial charge in [-0.25, -0.2) is 0 Å². The van der Waals surface area contributed by atoms with Crippen LogP contribution in [0.25, 0.3) is 0 Å². The highest BCUT2D eigenvalue weighted by Gasteiger charge is 2.31. The molecule has 1 aliphatic rings. The molecule has 0 saturated carbocycles. The molecule has 1 fully saturated rings. The second-order valence-corrected chi connectivity index (χ2v) is 5.07. The number of likely N-dealkylation sites (N-methyl/N-ethyl adjacent to an activating group) is 1. The van der Waals surface area contributed by atoms with Gasteiger partial charge in [0.25, 0.3) is 5.91 Å². The Hall–Kier alpha value is -1.75. The molecule has 0 aliphatic carbocycles. The minimum atomic E-state index is -0.0550. The zero-order chi connectivity index (χ0) is 14.7. The number of hydrogen-bond donors (Lipinski definition) is 1. The molecule has 1 amide bonds. The second kappa shape index (κ2) is 6.13. The molecule has 2 atom stereocenters. The van der Waals surface area contributed by atoms with Crippen LogP contribution < -0.4 is 10.5 Å². The first-order valence-corrected chi connectivity index (χ1v) is 6.95. The van der Waals surface area contributed by atoms with Crippen molar-refractivity contribution in [3.05, 3.63) is 23.8 Å². The summed E-state index contributed by atoms with van der Waals surface area (Å²) in [4.78, 5) is 14.3. The molecule has 2 N–H and O–H groups in total. The number of nitrogens with zero attached hydrogens (tertiary/aromatic N) is 1. The largest absolute Gasteiger partial charge is 0.494 e. The van der Waals surface area contributed by atoms with E-state index in [9.17, 15) is 4.79 Å². The Kier molecular flexibility index (Phi) is 4.49. The Morgan fingerprint density at radius 3 is 2.85 bits per heavy atom. The van der Waals surface area contributed by atoms with Crippen LogP contribution in [-0.2, 0) is 4.74 Å². The van der Waals surface area contributed by atoms with Gasteiger partial charge in [0.15, 0.2) is 0 Å². The lowest BCUT2D eigenvalue weighted by molar-refractivity contribution is 0.0574. The average molecular weight is 278 g/mol. The third-order valence-corrected chi connectivity index (χ3v) is 3.64. The van der Waals surface area contributed by atoms with Gasteiger partial charge in [-0.15, -0.1) is 0 Å². The summed E-state index contributed by atoms with van der Waals surface area (Å²) in [5, 5.41) is 0. The fraction of sp³-hybridized carbons (Fsp3) is 0.533. The summed E-state index contributed by atoms with van der Waals surface area (Å²) in [5.41, 5.74) is 6.91. The van der Waals surface area contributed by atoms with Crippen LogP contribution in [0.15, 0.2) is 18.2 Å². The van der Waals surface area contributed by atoms with Gasteiger partial charge in [-0.3, -0.25) is 4.79 Å². The summed E-state index contributed by atoms with van der Waals surface area (Å²) in [6.07, 6.45) is 0.931. The molecule has 110 valence electrons. The molecular formula is C15H22N2O3. The Bertz CT molecular complexity index is 490. The summed E-state index contributed by atoms with van der Waals surface area (Å²) in [6, 6.07) is 5.25. The van der Waals surface area contributed by atoms with Crippen molar-refractivity contribution in [1.82, 2.24) is 4.90 Å². The van der Waals surface area contributed by atoms with E-state index >= 15 is 0 Å². The number of anilines is 1. The van der Waals surface area contributed by atoms with Crippen molar-refractivity contribution in [2.45, 2.75) is 32.4 Å². The van der Waals surface area contributed by atoms with Crippen LogP contribution in [0, 0.1) is 0 Å². The van der Waals surface area contributed by atoms with Crippen LogP contribution in [-0.4, -0.2) is 43.2 Å². The minimum Gasteiger partial charge on any atom is -0.494 e. The molecule has 0 bridgehead atoms. The number of amides is 1. The highest BCUT2D eigenvalue weighted by Crippen LogP contribution is 2.23. The maximum atomic E-state index is 12.5. The van der Waals surface area contributed by atoms with Gasteiger partial charge >= 0.3 is 0 Å². The molecule has 2 rings (SSSR count). The lowest BCUT2D eigenvalue weighted by Crippen LogP contribution is -2.41. The van der Waals surface area contributed by atoms with Gasteiger partial charge < -0.3 is 20.1 Å². The van der Waals surface area contributed by atoms with Crippen LogP contribution in [0.2, 0.25) is 0 Å². The van der Waals surface area contributed by atoms with Gasteiger partial charge in [-0.05, 0) is 32.4 Å². The number of benzene rings is 1. The molecule has 5 heteroatoms. The highest BCUT2D eigenvalue weighted by atomic mass is 16.5. The van der Waals surface area contributed by atoms with Crippen molar-refractivity contribution < 1.29 is 14.3 Å². The Morgan fingerprint density at radius 1 is 1.50 bits per heavy atom. The summed E-state index contributed by atoms with van der Waals surface area (Å²) in [5.74, 6) is 0.570. The summed E-state index contributed by atoms with van der Waals surface area (Å²) >= 11 is 0. The van der Waals surface area contributed by atoms with Crippen LogP contribution >= 0.6 is 0 Å². The molecule has 5 nitrogen and oxygen atoms in total. The van der Waals surface area contributed by atoms with Gasteiger partial charge in [0.1, 0.15) is 5.75 Å². The van der Waals surface area contributed by atoms with Gasteiger partial charge in [-0.1, -0.05) is 0 Å². The molecule has 1 heterocycles. The molecule has 1 aromatic carbocycles. The van der Waals surface area contributed by atoms with Crippen LogP contribution in [0.3, 0.4) is 0 Å². The van der Waals surface area contributed by atoms with E-state index in [1.807, 2.05) is 20.9 Å². The number of rotatable bonds is 4. The van der Waals surface area contributed by atoms with Crippen LogP contribution in [0.4, 0.5) is 5.69 Å². The minimum absolute atomic E-state index is 0.0550. The normalized spacial score (nSPS) is 21.8. The zero-order valence-electron chi connectivity index (χ0n) is 12.3. The summed E-state index contributed by atoms with van der Waals surface area (Å²) in [7, 11) is 1.81. The van der Waals surface area contributed by atoms with Gasteiger partial charge in [0.2, 0.25) is 0 Å². The Labute approximate surface area is 119 Å². The first-order chi connectivity index (χ1) is 9.52. The lowest BCUT2D eigenvalue weighted by atomic mass is 10.1. The molecule has 2 unspecified atom stereocenters. The van der Waals surface area contributed by atoms with E-state index in [4.69, 9.17) is 15.2 Å². The third-order valence-electron chi connectivity index (χ3n) is 3.64. The number of hydrogen-bond acceptors (Lipinski definition) is 4. The molecule has 0 spiro atoms. The maximum Gasteiger partial charge on any atom is 0.254 e. The van der Waals surface area contributed by atoms with E-state index in [0.29, 0.717) is 30.2 Å². The molecule has 20 heavy (non-hydrogen) atoms. The Morgan fingerprint density at radius 2 is 2.25 bits per heavy atom. The smallest absolute Gasteiger partial charge is 0.254 e. The molecular weight excluding hydrogens is 256 g/mol. The van der Waals surface area contributed by atoms with E-state index in [2.05, 4.69) is 0 Å². The standard InChI is InChI=1S/C15H22N2O3/c1-4-19-13-8-11(7-12(16)9-13)15(18)17(3)14-5-6-20-10(14)2/h7-10,14H,4-6,16H2,1-3H3. The average Bonchev–Trinajstić information content (AvgIpc) is 2.83. The molecule has 1 saturated heterocycles. The van der Waals surface area contributed by atoms with Crippen LogP contribution in [0.5, 0.6) is 5.75 Å². The lowest BCUT2D eigenvalue weighted by Gasteiger charge is -2.27. The van der Waals surface area contributed by atoms with Gasteiger partial charge in [-0.2, -0.15) is 0 Å². The van der Waals surface area contributed by atoms with E-state index in [1.165, 1.54) is 0 Å².